The lowest BCUT2D eigenvalue weighted by Gasteiger charge is -2.38. The van der Waals surface area contributed by atoms with Crippen molar-refractivity contribution in [3.63, 3.8) is 0 Å². The van der Waals surface area contributed by atoms with E-state index in [2.05, 4.69) is 30.4 Å². The van der Waals surface area contributed by atoms with E-state index in [1.807, 2.05) is 0 Å². The third-order valence-electron chi connectivity index (χ3n) is 2.72. The van der Waals surface area contributed by atoms with Gasteiger partial charge in [0.25, 0.3) is 0 Å². The molecule has 1 saturated heterocycles. The molecule has 0 aromatic carbocycles. The predicted octanol–water partition coefficient (Wildman–Crippen LogP) is 1.67. The number of piperidine rings is 1. The number of nitrogens with zero attached hydrogens (tertiary/aromatic N) is 2. The number of nitriles is 1. The van der Waals surface area contributed by atoms with Crippen molar-refractivity contribution in [3.8, 4) is 6.07 Å². The topological polar surface area (TPSA) is 39.1 Å². The summed E-state index contributed by atoms with van der Waals surface area (Å²) >= 11 is 0. The van der Waals surface area contributed by atoms with Gasteiger partial charge < -0.3 is 0 Å². The van der Waals surface area contributed by atoms with Gasteiger partial charge in [-0.1, -0.05) is 6.42 Å². The maximum absolute atomic E-state index is 8.42. The Morgan fingerprint density at radius 1 is 1.38 bits per heavy atom. The van der Waals surface area contributed by atoms with E-state index in [0.29, 0.717) is 18.5 Å². The Labute approximate surface area is 80.7 Å². The molecule has 3 nitrogen and oxygen atoms in total. The Balaban J connectivity index is 2.31. The summed E-state index contributed by atoms with van der Waals surface area (Å²) in [5.41, 5.74) is 3.33. The summed E-state index contributed by atoms with van der Waals surface area (Å²) in [4.78, 5) is 0. The van der Waals surface area contributed by atoms with Crippen molar-refractivity contribution >= 4 is 0 Å². The van der Waals surface area contributed by atoms with Gasteiger partial charge in [-0.2, -0.15) is 5.26 Å². The van der Waals surface area contributed by atoms with E-state index >= 15 is 0 Å². The van der Waals surface area contributed by atoms with Crippen LogP contribution < -0.4 is 5.43 Å². The zero-order valence-electron chi connectivity index (χ0n) is 8.58. The largest absolute Gasteiger partial charge is 0.254 e. The van der Waals surface area contributed by atoms with Crippen molar-refractivity contribution in [1.29, 1.82) is 5.26 Å². The van der Waals surface area contributed by atoms with Crippen molar-refractivity contribution < 1.29 is 0 Å². The first-order valence-electron chi connectivity index (χ1n) is 5.14. The normalized spacial score (nSPS) is 29.9. The lowest BCUT2D eigenvalue weighted by Crippen LogP contribution is -2.52. The quantitative estimate of drug-likeness (QED) is 0.673. The van der Waals surface area contributed by atoms with Crippen LogP contribution in [0.1, 0.15) is 39.5 Å². The van der Waals surface area contributed by atoms with Crippen LogP contribution in [-0.2, 0) is 0 Å². The molecule has 0 amide bonds. The van der Waals surface area contributed by atoms with Crippen LogP contribution in [0.3, 0.4) is 0 Å². The minimum absolute atomic E-state index is 0.593. The number of rotatable bonds is 3. The molecule has 0 aliphatic carbocycles. The van der Waals surface area contributed by atoms with Gasteiger partial charge in [-0.05, 0) is 26.7 Å². The molecular weight excluding hydrogens is 162 g/mol. The van der Waals surface area contributed by atoms with Crippen LogP contribution in [0.25, 0.3) is 0 Å². The van der Waals surface area contributed by atoms with Gasteiger partial charge in [-0.15, -0.1) is 0 Å². The van der Waals surface area contributed by atoms with Crippen LogP contribution in [0.2, 0.25) is 0 Å². The van der Waals surface area contributed by atoms with Crippen LogP contribution in [-0.4, -0.2) is 23.6 Å². The summed E-state index contributed by atoms with van der Waals surface area (Å²) in [5, 5.41) is 10.7. The van der Waals surface area contributed by atoms with Gasteiger partial charge in [0, 0.05) is 25.0 Å². The zero-order chi connectivity index (χ0) is 9.68. The average molecular weight is 181 g/mol. The molecule has 0 aromatic rings. The fraction of sp³-hybridized carbons (Fsp3) is 0.900. The fourth-order valence-corrected chi connectivity index (χ4v) is 1.97. The van der Waals surface area contributed by atoms with Crippen LogP contribution in [0.15, 0.2) is 0 Å². The predicted molar refractivity (Wildman–Crippen MR) is 52.8 cm³/mol. The lowest BCUT2D eigenvalue weighted by atomic mass is 10.00. The molecule has 1 N–H and O–H groups in total. The lowest BCUT2D eigenvalue weighted by molar-refractivity contribution is 0.0475. The Hall–Kier alpha value is -0.590. The van der Waals surface area contributed by atoms with Crippen LogP contribution in [0, 0.1) is 11.3 Å². The summed E-state index contributed by atoms with van der Waals surface area (Å²) in [5.74, 6) is 0. The second-order valence-electron chi connectivity index (χ2n) is 3.85. The molecular formula is C10H19N3. The SMILES string of the molecule is CC1CCCC(C)N1NCCC#N. The number of hydrogen-bond acceptors (Lipinski definition) is 3. The standard InChI is InChI=1S/C10H19N3/c1-9-5-3-6-10(2)13(9)12-8-4-7-11/h9-10,12H,3-6,8H2,1-2H3. The Kier molecular flexibility index (Phi) is 4.20. The Bertz CT molecular complexity index is 175. The number of hydrogen-bond donors (Lipinski definition) is 1. The first kappa shape index (κ1) is 10.5. The highest BCUT2D eigenvalue weighted by Crippen LogP contribution is 2.19. The molecule has 2 unspecified atom stereocenters. The second kappa shape index (κ2) is 5.21. The molecule has 1 heterocycles. The number of hydrazine groups is 1. The smallest absolute Gasteiger partial charge is 0.0635 e. The fourth-order valence-electron chi connectivity index (χ4n) is 1.97. The highest BCUT2D eigenvalue weighted by atomic mass is 15.5. The van der Waals surface area contributed by atoms with Crippen molar-refractivity contribution in [2.24, 2.45) is 0 Å². The van der Waals surface area contributed by atoms with Gasteiger partial charge in [-0.25, -0.2) is 5.01 Å². The van der Waals surface area contributed by atoms with Crippen LogP contribution in [0.4, 0.5) is 0 Å². The van der Waals surface area contributed by atoms with E-state index in [0.717, 1.165) is 6.54 Å². The third kappa shape index (κ3) is 2.98. The molecule has 1 aliphatic heterocycles. The van der Waals surface area contributed by atoms with Crippen molar-refractivity contribution in [1.82, 2.24) is 10.4 Å². The van der Waals surface area contributed by atoms with E-state index in [-0.39, 0.29) is 0 Å². The second-order valence-corrected chi connectivity index (χ2v) is 3.85. The minimum Gasteiger partial charge on any atom is -0.254 e. The Morgan fingerprint density at radius 3 is 2.54 bits per heavy atom. The summed E-state index contributed by atoms with van der Waals surface area (Å²) in [6, 6.07) is 3.37. The molecule has 0 aromatic heterocycles. The highest BCUT2D eigenvalue weighted by molar-refractivity contribution is 4.78. The van der Waals surface area contributed by atoms with E-state index < -0.39 is 0 Å². The molecule has 0 radical (unpaired) electrons. The maximum atomic E-state index is 8.42. The Morgan fingerprint density at radius 2 is 2.00 bits per heavy atom. The average Bonchev–Trinajstić information content (AvgIpc) is 2.10. The van der Waals surface area contributed by atoms with E-state index in [1.165, 1.54) is 19.3 Å². The molecule has 0 spiro atoms. The summed E-state index contributed by atoms with van der Waals surface area (Å²) < 4.78 is 0. The minimum atomic E-state index is 0.593. The maximum Gasteiger partial charge on any atom is 0.0635 e. The third-order valence-corrected chi connectivity index (χ3v) is 2.72. The molecule has 1 rings (SSSR count). The van der Waals surface area contributed by atoms with Crippen LogP contribution in [0.5, 0.6) is 0 Å². The molecule has 1 aliphatic rings. The van der Waals surface area contributed by atoms with Crippen LogP contribution >= 0.6 is 0 Å². The number of nitrogens with one attached hydrogen (secondary N) is 1. The molecule has 13 heavy (non-hydrogen) atoms. The summed E-state index contributed by atoms with van der Waals surface area (Å²) in [7, 11) is 0. The zero-order valence-corrected chi connectivity index (χ0v) is 8.58. The summed E-state index contributed by atoms with van der Waals surface area (Å²) in [6.07, 6.45) is 4.46. The van der Waals surface area contributed by atoms with Crippen molar-refractivity contribution in [2.45, 2.75) is 51.6 Å². The van der Waals surface area contributed by atoms with Gasteiger partial charge in [0.2, 0.25) is 0 Å². The monoisotopic (exact) mass is 181 g/mol. The van der Waals surface area contributed by atoms with E-state index in [9.17, 15) is 0 Å². The van der Waals surface area contributed by atoms with E-state index in [1.54, 1.807) is 0 Å². The van der Waals surface area contributed by atoms with Gasteiger partial charge in [0.05, 0.1) is 6.07 Å². The van der Waals surface area contributed by atoms with Crippen molar-refractivity contribution in [3.05, 3.63) is 0 Å². The summed E-state index contributed by atoms with van der Waals surface area (Å²) in [6.45, 7) is 5.27. The molecule has 74 valence electrons. The van der Waals surface area contributed by atoms with E-state index in [4.69, 9.17) is 5.26 Å². The first-order chi connectivity index (χ1) is 6.25. The molecule has 0 saturated carbocycles. The van der Waals surface area contributed by atoms with Gasteiger partial charge in [-0.3, -0.25) is 5.43 Å². The van der Waals surface area contributed by atoms with Gasteiger partial charge >= 0.3 is 0 Å². The highest BCUT2D eigenvalue weighted by Gasteiger charge is 2.23. The van der Waals surface area contributed by atoms with Gasteiger partial charge in [0.1, 0.15) is 0 Å². The van der Waals surface area contributed by atoms with Crippen molar-refractivity contribution in [2.75, 3.05) is 6.54 Å². The molecule has 0 bridgehead atoms. The molecule has 3 heteroatoms. The van der Waals surface area contributed by atoms with Gasteiger partial charge in [0.15, 0.2) is 0 Å². The first-order valence-corrected chi connectivity index (χ1v) is 5.14. The molecule has 1 fully saturated rings. The molecule has 2 atom stereocenters.